The van der Waals surface area contributed by atoms with Crippen LogP contribution in [0.25, 0.3) is 16.6 Å². The van der Waals surface area contributed by atoms with Crippen molar-refractivity contribution in [3.05, 3.63) is 74.4 Å². The van der Waals surface area contributed by atoms with Crippen molar-refractivity contribution in [3.63, 3.8) is 0 Å². The van der Waals surface area contributed by atoms with E-state index in [0.717, 1.165) is 17.5 Å². The molecule has 3 aromatic rings. The van der Waals surface area contributed by atoms with E-state index in [1.165, 1.54) is 9.13 Å². The number of aryl methyl sites for hydroxylation is 2. The first-order valence-electron chi connectivity index (χ1n) is 10.0. The van der Waals surface area contributed by atoms with Crippen LogP contribution >= 0.6 is 0 Å². The zero-order valence-electron chi connectivity index (χ0n) is 17.4. The molecule has 0 bridgehead atoms. The molecule has 0 spiro atoms. The van der Waals surface area contributed by atoms with Crippen LogP contribution in [-0.2, 0) is 17.8 Å². The van der Waals surface area contributed by atoms with Crippen molar-refractivity contribution in [1.29, 1.82) is 0 Å². The molecule has 1 amide bonds. The molecule has 0 radical (unpaired) electrons. The number of hydrogen-bond acceptors (Lipinski definition) is 3. The van der Waals surface area contributed by atoms with Crippen molar-refractivity contribution < 1.29 is 4.79 Å². The van der Waals surface area contributed by atoms with E-state index in [2.05, 4.69) is 5.32 Å². The lowest BCUT2D eigenvalue weighted by molar-refractivity contribution is -0.122. The summed E-state index contributed by atoms with van der Waals surface area (Å²) in [5.41, 5.74) is 1.97. The molecule has 0 unspecified atom stereocenters. The van der Waals surface area contributed by atoms with E-state index in [0.29, 0.717) is 23.0 Å². The molecule has 0 aliphatic heterocycles. The Morgan fingerprint density at radius 3 is 2.52 bits per heavy atom. The highest BCUT2D eigenvalue weighted by molar-refractivity contribution is 5.82. The molecule has 1 aromatic heterocycles. The van der Waals surface area contributed by atoms with Gasteiger partial charge in [0.15, 0.2) is 0 Å². The monoisotopic (exact) mass is 393 g/mol. The summed E-state index contributed by atoms with van der Waals surface area (Å²) in [4.78, 5) is 39.2. The van der Waals surface area contributed by atoms with E-state index in [4.69, 9.17) is 0 Å². The van der Waals surface area contributed by atoms with Crippen LogP contribution in [0.4, 0.5) is 0 Å². The SMILES string of the molecule is CCc1ccccc1-n1c(=O)c2cc(C)ccc2n(CC(=O)N[C@@H](C)CC)c1=O. The van der Waals surface area contributed by atoms with E-state index in [1.807, 2.05) is 45.9 Å². The molecule has 0 aliphatic rings. The minimum absolute atomic E-state index is 0.0124. The molecule has 6 nitrogen and oxygen atoms in total. The van der Waals surface area contributed by atoms with Crippen LogP contribution < -0.4 is 16.6 Å². The summed E-state index contributed by atoms with van der Waals surface area (Å²) in [7, 11) is 0. The predicted molar refractivity (Wildman–Crippen MR) is 116 cm³/mol. The second-order valence-corrected chi connectivity index (χ2v) is 7.39. The first-order chi connectivity index (χ1) is 13.9. The quantitative estimate of drug-likeness (QED) is 0.700. The van der Waals surface area contributed by atoms with Crippen molar-refractivity contribution in [2.24, 2.45) is 0 Å². The Balaban J connectivity index is 2.29. The maximum Gasteiger partial charge on any atom is 0.336 e. The largest absolute Gasteiger partial charge is 0.352 e. The smallest absolute Gasteiger partial charge is 0.336 e. The first-order valence-corrected chi connectivity index (χ1v) is 10.0. The molecule has 2 aromatic carbocycles. The van der Waals surface area contributed by atoms with Crippen LogP contribution in [0.1, 0.15) is 38.3 Å². The summed E-state index contributed by atoms with van der Waals surface area (Å²) >= 11 is 0. The van der Waals surface area contributed by atoms with E-state index in [1.54, 1.807) is 24.3 Å². The fourth-order valence-corrected chi connectivity index (χ4v) is 3.45. The third-order valence-electron chi connectivity index (χ3n) is 5.23. The lowest BCUT2D eigenvalue weighted by Crippen LogP contribution is -2.43. The van der Waals surface area contributed by atoms with Gasteiger partial charge in [-0.05, 0) is 50.5 Å². The number of para-hydroxylation sites is 1. The number of carbonyl (C=O) groups is 1. The van der Waals surface area contributed by atoms with Crippen molar-refractivity contribution in [1.82, 2.24) is 14.5 Å². The highest BCUT2D eigenvalue weighted by atomic mass is 16.2. The second-order valence-electron chi connectivity index (χ2n) is 7.39. The van der Waals surface area contributed by atoms with Gasteiger partial charge in [0, 0.05) is 6.04 Å². The Hall–Kier alpha value is -3.15. The summed E-state index contributed by atoms with van der Waals surface area (Å²) in [5.74, 6) is -0.252. The molecule has 1 atom stereocenters. The Labute approximate surface area is 169 Å². The molecular formula is C23H27N3O3. The summed E-state index contributed by atoms with van der Waals surface area (Å²) in [6, 6.07) is 12.7. The fourth-order valence-electron chi connectivity index (χ4n) is 3.45. The molecule has 152 valence electrons. The molecule has 29 heavy (non-hydrogen) atoms. The number of benzene rings is 2. The fraction of sp³-hybridized carbons (Fsp3) is 0.348. The Morgan fingerprint density at radius 2 is 1.83 bits per heavy atom. The standard InChI is InChI=1S/C23H27N3O3/c1-5-16(4)24-21(27)14-25-20-12-11-15(3)13-18(20)22(28)26(23(25)29)19-10-8-7-9-17(19)6-2/h7-13,16H,5-6,14H2,1-4H3,(H,24,27)/t16-/m0/s1. The van der Waals surface area contributed by atoms with Gasteiger partial charge in [-0.15, -0.1) is 0 Å². The summed E-state index contributed by atoms with van der Waals surface area (Å²) in [6.07, 6.45) is 1.48. The average molecular weight is 393 g/mol. The van der Waals surface area contributed by atoms with Gasteiger partial charge < -0.3 is 5.32 Å². The van der Waals surface area contributed by atoms with Gasteiger partial charge in [-0.1, -0.05) is 43.7 Å². The summed E-state index contributed by atoms with van der Waals surface area (Å²) in [6.45, 7) is 7.64. The number of rotatable bonds is 6. The minimum Gasteiger partial charge on any atom is -0.352 e. The number of nitrogens with zero attached hydrogens (tertiary/aromatic N) is 2. The number of fused-ring (bicyclic) bond motifs is 1. The third kappa shape index (κ3) is 4.01. The molecule has 0 saturated heterocycles. The second kappa shape index (κ2) is 8.47. The van der Waals surface area contributed by atoms with Gasteiger partial charge in [-0.3, -0.25) is 14.2 Å². The van der Waals surface area contributed by atoms with Crippen molar-refractivity contribution in [2.75, 3.05) is 0 Å². The van der Waals surface area contributed by atoms with Crippen LogP contribution in [0.5, 0.6) is 0 Å². The van der Waals surface area contributed by atoms with Crippen LogP contribution in [-0.4, -0.2) is 21.1 Å². The number of nitrogens with one attached hydrogen (secondary N) is 1. The lowest BCUT2D eigenvalue weighted by Gasteiger charge is -2.17. The highest BCUT2D eigenvalue weighted by Gasteiger charge is 2.18. The van der Waals surface area contributed by atoms with Crippen molar-refractivity contribution in [3.8, 4) is 5.69 Å². The Kier molecular flexibility index (Phi) is 6.01. The highest BCUT2D eigenvalue weighted by Crippen LogP contribution is 2.15. The average Bonchev–Trinajstić information content (AvgIpc) is 2.71. The number of hydrogen-bond donors (Lipinski definition) is 1. The van der Waals surface area contributed by atoms with Gasteiger partial charge in [-0.25, -0.2) is 9.36 Å². The Bertz CT molecular complexity index is 1170. The minimum atomic E-state index is -0.508. The van der Waals surface area contributed by atoms with E-state index < -0.39 is 5.69 Å². The first kappa shape index (κ1) is 20.6. The summed E-state index contributed by atoms with van der Waals surface area (Å²) < 4.78 is 2.58. The van der Waals surface area contributed by atoms with Crippen LogP contribution in [0.15, 0.2) is 52.1 Å². The van der Waals surface area contributed by atoms with E-state index in [9.17, 15) is 14.4 Å². The zero-order chi connectivity index (χ0) is 21.1. The van der Waals surface area contributed by atoms with Gasteiger partial charge in [0.1, 0.15) is 6.54 Å². The van der Waals surface area contributed by atoms with Crippen LogP contribution in [0.3, 0.4) is 0 Å². The van der Waals surface area contributed by atoms with Crippen molar-refractivity contribution >= 4 is 16.8 Å². The van der Waals surface area contributed by atoms with Crippen LogP contribution in [0, 0.1) is 6.92 Å². The maximum atomic E-state index is 13.4. The predicted octanol–water partition coefficient (Wildman–Crippen LogP) is 2.94. The molecule has 1 N–H and O–H groups in total. The van der Waals surface area contributed by atoms with Gasteiger partial charge in [0.05, 0.1) is 16.6 Å². The Morgan fingerprint density at radius 1 is 1.10 bits per heavy atom. The normalized spacial score (nSPS) is 12.1. The molecule has 6 heteroatoms. The molecular weight excluding hydrogens is 366 g/mol. The lowest BCUT2D eigenvalue weighted by atomic mass is 10.1. The molecule has 0 fully saturated rings. The molecule has 0 aliphatic carbocycles. The number of carbonyl (C=O) groups excluding carboxylic acids is 1. The maximum absolute atomic E-state index is 13.4. The van der Waals surface area contributed by atoms with E-state index in [-0.39, 0.29) is 24.1 Å². The van der Waals surface area contributed by atoms with Crippen LogP contribution in [0.2, 0.25) is 0 Å². The zero-order valence-corrected chi connectivity index (χ0v) is 17.4. The number of aromatic nitrogens is 2. The number of amides is 1. The van der Waals surface area contributed by atoms with Gasteiger partial charge >= 0.3 is 5.69 Å². The van der Waals surface area contributed by atoms with Gasteiger partial charge in [0.25, 0.3) is 5.56 Å². The van der Waals surface area contributed by atoms with Gasteiger partial charge in [-0.2, -0.15) is 0 Å². The summed E-state index contributed by atoms with van der Waals surface area (Å²) in [5, 5.41) is 3.31. The van der Waals surface area contributed by atoms with Crippen molar-refractivity contribution in [2.45, 2.75) is 53.1 Å². The van der Waals surface area contributed by atoms with Gasteiger partial charge in [0.2, 0.25) is 5.91 Å². The van der Waals surface area contributed by atoms with E-state index >= 15 is 0 Å². The molecule has 3 rings (SSSR count). The molecule has 1 heterocycles. The third-order valence-corrected chi connectivity index (χ3v) is 5.23. The molecule has 0 saturated carbocycles. The topological polar surface area (TPSA) is 73.1 Å².